The minimum atomic E-state index is -0.968. The van der Waals surface area contributed by atoms with Gasteiger partial charge in [0.05, 0.1) is 19.5 Å². The number of fused-ring (bicyclic) bond motifs is 2. The van der Waals surface area contributed by atoms with Crippen molar-refractivity contribution in [1.82, 2.24) is 19.5 Å². The molecule has 2 aromatic heterocycles. The topological polar surface area (TPSA) is 155 Å². The molecule has 4 rings (SSSR count). The standard InChI is InChI=1S/C12H16N6O4/c13-8-5-9(17-11(14)16-8)18(4-15-5)10-6(20)7-12(3-19,22-10)1-2-21-7/h4,6-7,10,19-20H,1-3H2,(H4,13,14,16,17)/t6-,7+,10-,12-/m1/s1. The van der Waals surface area contributed by atoms with E-state index in [1.807, 2.05) is 0 Å². The summed E-state index contributed by atoms with van der Waals surface area (Å²) < 4.78 is 13.0. The second kappa shape index (κ2) is 4.49. The largest absolute Gasteiger partial charge is 0.393 e. The molecule has 0 radical (unpaired) electrons. The van der Waals surface area contributed by atoms with Gasteiger partial charge in [-0.15, -0.1) is 0 Å². The third-order valence-corrected chi connectivity index (χ3v) is 4.31. The average molecular weight is 308 g/mol. The van der Waals surface area contributed by atoms with Crippen LogP contribution in [-0.2, 0) is 9.47 Å². The van der Waals surface area contributed by atoms with Crippen molar-refractivity contribution in [3.8, 4) is 0 Å². The van der Waals surface area contributed by atoms with Crippen LogP contribution in [0.1, 0.15) is 12.6 Å². The Morgan fingerprint density at radius 3 is 2.95 bits per heavy atom. The first-order valence-electron chi connectivity index (χ1n) is 6.89. The summed E-state index contributed by atoms with van der Waals surface area (Å²) in [4.78, 5) is 12.1. The van der Waals surface area contributed by atoms with Crippen molar-refractivity contribution >= 4 is 22.9 Å². The van der Waals surface area contributed by atoms with Gasteiger partial charge in [-0.1, -0.05) is 0 Å². The first-order valence-corrected chi connectivity index (χ1v) is 6.89. The number of hydrogen-bond donors (Lipinski definition) is 4. The molecule has 0 amide bonds. The van der Waals surface area contributed by atoms with Crippen molar-refractivity contribution in [3.63, 3.8) is 0 Å². The number of ether oxygens (including phenoxy) is 2. The molecule has 0 spiro atoms. The van der Waals surface area contributed by atoms with Crippen LogP contribution in [0, 0.1) is 0 Å². The van der Waals surface area contributed by atoms with Gasteiger partial charge in [-0.3, -0.25) is 4.57 Å². The van der Waals surface area contributed by atoms with Gasteiger partial charge in [0.25, 0.3) is 0 Å². The van der Waals surface area contributed by atoms with Gasteiger partial charge in [0.2, 0.25) is 5.95 Å². The number of nitrogens with zero attached hydrogens (tertiary/aromatic N) is 4. The number of nitrogens with two attached hydrogens (primary N) is 2. The lowest BCUT2D eigenvalue weighted by molar-refractivity contribution is -0.108. The van der Waals surface area contributed by atoms with Gasteiger partial charge >= 0.3 is 0 Å². The Hall–Kier alpha value is -2.01. The molecule has 4 atom stereocenters. The molecule has 118 valence electrons. The molecule has 10 nitrogen and oxygen atoms in total. The monoisotopic (exact) mass is 308 g/mol. The fourth-order valence-electron chi connectivity index (χ4n) is 3.22. The summed E-state index contributed by atoms with van der Waals surface area (Å²) in [6.07, 6.45) is -0.403. The van der Waals surface area contributed by atoms with E-state index < -0.39 is 24.0 Å². The van der Waals surface area contributed by atoms with E-state index in [0.29, 0.717) is 24.2 Å². The second-order valence-electron chi connectivity index (χ2n) is 5.55. The third-order valence-electron chi connectivity index (χ3n) is 4.31. The highest BCUT2D eigenvalue weighted by Crippen LogP contribution is 2.45. The van der Waals surface area contributed by atoms with E-state index in [2.05, 4.69) is 15.0 Å². The van der Waals surface area contributed by atoms with Crippen LogP contribution in [0.25, 0.3) is 11.2 Å². The second-order valence-corrected chi connectivity index (χ2v) is 5.55. The Morgan fingerprint density at radius 1 is 1.41 bits per heavy atom. The molecule has 2 aliphatic heterocycles. The van der Waals surface area contributed by atoms with E-state index in [1.165, 1.54) is 10.9 Å². The highest BCUT2D eigenvalue weighted by Gasteiger charge is 2.59. The maximum atomic E-state index is 10.5. The minimum absolute atomic E-state index is 0.00699. The van der Waals surface area contributed by atoms with E-state index in [1.54, 1.807) is 0 Å². The molecule has 0 aliphatic carbocycles. The summed E-state index contributed by atoms with van der Waals surface area (Å²) in [7, 11) is 0. The summed E-state index contributed by atoms with van der Waals surface area (Å²) in [6.45, 7) is 0.193. The lowest BCUT2D eigenvalue weighted by atomic mass is 9.95. The van der Waals surface area contributed by atoms with Crippen LogP contribution in [0.15, 0.2) is 6.33 Å². The number of imidazole rings is 1. The molecule has 0 unspecified atom stereocenters. The third kappa shape index (κ3) is 1.66. The number of anilines is 2. The zero-order valence-electron chi connectivity index (χ0n) is 11.6. The summed E-state index contributed by atoms with van der Waals surface area (Å²) in [5, 5.41) is 20.2. The van der Waals surface area contributed by atoms with Gasteiger partial charge in [0.15, 0.2) is 17.7 Å². The van der Waals surface area contributed by atoms with Gasteiger partial charge in [-0.25, -0.2) is 4.98 Å². The van der Waals surface area contributed by atoms with Crippen LogP contribution >= 0.6 is 0 Å². The van der Waals surface area contributed by atoms with Gasteiger partial charge in [0.1, 0.15) is 23.3 Å². The highest BCUT2D eigenvalue weighted by atomic mass is 16.6. The van der Waals surface area contributed by atoms with Gasteiger partial charge < -0.3 is 31.2 Å². The van der Waals surface area contributed by atoms with Crippen LogP contribution < -0.4 is 11.5 Å². The predicted molar refractivity (Wildman–Crippen MR) is 74.5 cm³/mol. The van der Waals surface area contributed by atoms with Gasteiger partial charge in [-0.05, 0) is 0 Å². The van der Waals surface area contributed by atoms with Crippen molar-refractivity contribution in [2.24, 2.45) is 0 Å². The smallest absolute Gasteiger partial charge is 0.224 e. The number of rotatable bonds is 2. The Kier molecular flexibility index (Phi) is 2.78. The molecular weight excluding hydrogens is 292 g/mol. The summed E-state index contributed by atoms with van der Waals surface area (Å²) in [5.41, 5.74) is 11.2. The molecular formula is C12H16N6O4. The van der Waals surface area contributed by atoms with Gasteiger partial charge in [0, 0.05) is 6.42 Å². The quantitative estimate of drug-likeness (QED) is 0.513. The Balaban J connectivity index is 1.80. The summed E-state index contributed by atoms with van der Waals surface area (Å²) in [5.74, 6) is 0.162. The van der Waals surface area contributed by atoms with E-state index in [0.717, 1.165) is 0 Å². The van der Waals surface area contributed by atoms with Crippen molar-refractivity contribution in [2.45, 2.75) is 30.5 Å². The number of aromatic nitrogens is 4. The molecule has 2 saturated heterocycles. The normalized spacial score (nSPS) is 34.4. The number of aliphatic hydroxyl groups excluding tert-OH is 2. The molecule has 4 heterocycles. The van der Waals surface area contributed by atoms with Gasteiger partial charge in [-0.2, -0.15) is 9.97 Å². The van der Waals surface area contributed by atoms with E-state index in [9.17, 15) is 10.2 Å². The summed E-state index contributed by atoms with van der Waals surface area (Å²) in [6, 6.07) is 0. The number of aliphatic hydroxyl groups is 2. The molecule has 22 heavy (non-hydrogen) atoms. The first kappa shape index (κ1) is 13.6. The zero-order chi connectivity index (χ0) is 15.5. The fraction of sp³-hybridized carbons (Fsp3) is 0.583. The Labute approximate surface area is 124 Å². The van der Waals surface area contributed by atoms with Crippen molar-refractivity contribution in [2.75, 3.05) is 24.7 Å². The predicted octanol–water partition coefficient (Wildman–Crippen LogP) is -1.60. The Morgan fingerprint density at radius 2 is 2.23 bits per heavy atom. The van der Waals surface area contributed by atoms with Crippen LogP contribution in [0.3, 0.4) is 0 Å². The summed E-state index contributed by atoms with van der Waals surface area (Å²) >= 11 is 0. The van der Waals surface area contributed by atoms with Crippen LogP contribution in [0.5, 0.6) is 0 Å². The van der Waals surface area contributed by atoms with Crippen LogP contribution in [-0.4, -0.2) is 60.8 Å². The molecule has 10 heteroatoms. The Bertz CT molecular complexity index is 736. The lowest BCUT2D eigenvalue weighted by Crippen LogP contribution is -2.42. The molecule has 0 bridgehead atoms. The van der Waals surface area contributed by atoms with E-state index >= 15 is 0 Å². The van der Waals surface area contributed by atoms with E-state index in [4.69, 9.17) is 20.9 Å². The zero-order valence-corrected chi connectivity index (χ0v) is 11.6. The van der Waals surface area contributed by atoms with E-state index in [-0.39, 0.29) is 18.4 Å². The number of hydrogen-bond acceptors (Lipinski definition) is 9. The van der Waals surface area contributed by atoms with Crippen LogP contribution in [0.4, 0.5) is 11.8 Å². The molecule has 2 aliphatic rings. The minimum Gasteiger partial charge on any atom is -0.393 e. The SMILES string of the molecule is Nc1nc(N)c2ncn([C@@H]3O[C@@]4(CO)CCO[C@H]4[C@H]3O)c2n1. The fourth-order valence-corrected chi connectivity index (χ4v) is 3.22. The molecule has 0 saturated carbocycles. The number of nitrogen functional groups attached to an aromatic ring is 2. The molecule has 2 fully saturated rings. The molecule has 2 aromatic rings. The molecule has 6 N–H and O–H groups in total. The highest BCUT2D eigenvalue weighted by molar-refractivity contribution is 5.82. The van der Waals surface area contributed by atoms with Crippen molar-refractivity contribution < 1.29 is 19.7 Å². The molecule has 0 aromatic carbocycles. The maximum absolute atomic E-state index is 10.5. The van der Waals surface area contributed by atoms with Crippen molar-refractivity contribution in [3.05, 3.63) is 6.33 Å². The maximum Gasteiger partial charge on any atom is 0.224 e. The average Bonchev–Trinajstić information content (AvgIpc) is 3.13. The van der Waals surface area contributed by atoms with Crippen LogP contribution in [0.2, 0.25) is 0 Å². The van der Waals surface area contributed by atoms with Crippen molar-refractivity contribution in [1.29, 1.82) is 0 Å². The lowest BCUT2D eigenvalue weighted by Gasteiger charge is -2.24. The first-order chi connectivity index (χ1) is 10.6.